The first kappa shape index (κ1) is 21.7. The number of carbonyl (C=O) groups is 1. The average molecular weight is 421 g/mol. The number of nitrogens with one attached hydrogen (secondary N) is 1. The van der Waals surface area contributed by atoms with Crippen LogP contribution >= 0.6 is 11.6 Å². The topological polar surface area (TPSA) is 72.8 Å². The minimum atomic E-state index is -1.24. The summed E-state index contributed by atoms with van der Waals surface area (Å²) in [5.41, 5.74) is 1.01. The van der Waals surface area contributed by atoms with Gasteiger partial charge in [0.05, 0.1) is 12.0 Å². The molecule has 1 amide bonds. The minimum absolute atomic E-state index is 0.0767. The Morgan fingerprint density at radius 3 is 2.76 bits per heavy atom. The Labute approximate surface area is 175 Å². The number of aliphatic hydroxyl groups is 1. The van der Waals surface area contributed by atoms with E-state index in [2.05, 4.69) is 5.32 Å². The number of hydrogen-bond donors (Lipinski definition) is 3. The van der Waals surface area contributed by atoms with Gasteiger partial charge in [0.25, 0.3) is 0 Å². The quantitative estimate of drug-likeness (QED) is 0.673. The molecular weight excluding hydrogens is 395 g/mol. The maximum atomic E-state index is 13.2. The lowest BCUT2D eigenvalue weighted by Gasteiger charge is -2.31. The molecule has 2 aromatic rings. The van der Waals surface area contributed by atoms with Crippen molar-refractivity contribution in [2.45, 2.75) is 50.7 Å². The van der Waals surface area contributed by atoms with Crippen LogP contribution in [-0.4, -0.2) is 39.5 Å². The first-order chi connectivity index (χ1) is 13.8. The van der Waals surface area contributed by atoms with Gasteiger partial charge in [-0.15, -0.1) is 0 Å². The summed E-state index contributed by atoms with van der Waals surface area (Å²) >= 11 is 6.10. The van der Waals surface area contributed by atoms with Crippen LogP contribution in [0.15, 0.2) is 42.5 Å². The van der Waals surface area contributed by atoms with Crippen LogP contribution in [-0.2, 0) is 11.2 Å². The molecule has 1 heterocycles. The number of halogens is 2. The van der Waals surface area contributed by atoms with Gasteiger partial charge in [0.2, 0.25) is 5.91 Å². The van der Waals surface area contributed by atoms with Gasteiger partial charge in [0, 0.05) is 23.3 Å². The Balaban J connectivity index is 1.69. The molecule has 3 rings (SSSR count). The molecule has 29 heavy (non-hydrogen) atoms. The van der Waals surface area contributed by atoms with Gasteiger partial charge in [-0.2, -0.15) is 5.06 Å². The van der Waals surface area contributed by atoms with Gasteiger partial charge >= 0.3 is 0 Å². The summed E-state index contributed by atoms with van der Waals surface area (Å²) in [6.45, 7) is 2.23. The van der Waals surface area contributed by atoms with E-state index in [0.717, 1.165) is 11.1 Å². The van der Waals surface area contributed by atoms with E-state index >= 15 is 0 Å². The van der Waals surface area contributed by atoms with Gasteiger partial charge in [0.15, 0.2) is 0 Å². The molecule has 0 spiro atoms. The molecule has 2 aromatic carbocycles. The van der Waals surface area contributed by atoms with Crippen molar-refractivity contribution in [3.8, 4) is 0 Å². The Kier molecular flexibility index (Phi) is 6.90. The van der Waals surface area contributed by atoms with Crippen LogP contribution in [0.3, 0.4) is 0 Å². The van der Waals surface area contributed by atoms with E-state index in [1.807, 2.05) is 6.92 Å². The third-order valence-electron chi connectivity index (χ3n) is 5.48. The first-order valence-electron chi connectivity index (χ1n) is 9.73. The van der Waals surface area contributed by atoms with E-state index in [4.69, 9.17) is 11.6 Å². The normalized spacial score (nSPS) is 22.9. The summed E-state index contributed by atoms with van der Waals surface area (Å²) in [6, 6.07) is 11.0. The molecule has 2 unspecified atom stereocenters. The number of hydrogen-bond acceptors (Lipinski definition) is 4. The fourth-order valence-electron chi connectivity index (χ4n) is 3.87. The molecule has 7 heteroatoms. The molecule has 0 aliphatic carbocycles. The van der Waals surface area contributed by atoms with Crippen molar-refractivity contribution in [1.82, 2.24) is 5.06 Å². The van der Waals surface area contributed by atoms with Gasteiger partial charge < -0.3 is 15.6 Å². The molecule has 0 radical (unpaired) electrons. The van der Waals surface area contributed by atoms with Gasteiger partial charge in [-0.3, -0.25) is 4.79 Å². The summed E-state index contributed by atoms with van der Waals surface area (Å²) in [6.07, 6.45) is 1.59. The van der Waals surface area contributed by atoms with Crippen LogP contribution < -0.4 is 5.32 Å². The standard InChI is InChI=1S/C22H26ClFN2O3/c1-15-19(23)4-2-5-20(15)25-21(27)14-22(28)10-3-11-26(29)18(13-22)12-16-6-8-17(24)9-7-16/h2,4-9,18,28-29H,3,10-14H2,1H3,(H,25,27). The molecule has 0 saturated carbocycles. The van der Waals surface area contributed by atoms with Crippen LogP contribution in [0.4, 0.5) is 10.1 Å². The summed E-state index contributed by atoms with van der Waals surface area (Å²) in [5, 5.41) is 26.1. The molecule has 1 aliphatic heterocycles. The molecule has 0 bridgehead atoms. The fourth-order valence-corrected chi connectivity index (χ4v) is 4.04. The highest BCUT2D eigenvalue weighted by molar-refractivity contribution is 6.31. The lowest BCUT2D eigenvalue weighted by Crippen LogP contribution is -2.41. The Hall–Kier alpha value is -1.99. The molecule has 3 N–H and O–H groups in total. The molecule has 1 saturated heterocycles. The van der Waals surface area contributed by atoms with Crippen LogP contribution in [0.5, 0.6) is 0 Å². The van der Waals surface area contributed by atoms with Gasteiger partial charge in [-0.25, -0.2) is 4.39 Å². The Morgan fingerprint density at radius 2 is 2.03 bits per heavy atom. The number of hydroxylamine groups is 2. The predicted molar refractivity (Wildman–Crippen MR) is 111 cm³/mol. The van der Waals surface area contributed by atoms with Gasteiger partial charge in [-0.1, -0.05) is 29.8 Å². The van der Waals surface area contributed by atoms with Crippen LogP contribution in [0.2, 0.25) is 5.02 Å². The van der Waals surface area contributed by atoms with Crippen molar-refractivity contribution in [3.63, 3.8) is 0 Å². The summed E-state index contributed by atoms with van der Waals surface area (Å²) in [4.78, 5) is 12.6. The van der Waals surface area contributed by atoms with Crippen molar-refractivity contribution in [2.24, 2.45) is 0 Å². The second-order valence-corrected chi connectivity index (χ2v) is 8.22. The summed E-state index contributed by atoms with van der Waals surface area (Å²) in [5.74, 6) is -0.621. The Bertz CT molecular complexity index is 862. The molecule has 1 aliphatic rings. The van der Waals surface area contributed by atoms with Crippen LogP contribution in [0, 0.1) is 12.7 Å². The van der Waals surface area contributed by atoms with Crippen molar-refractivity contribution >= 4 is 23.2 Å². The number of anilines is 1. The number of amides is 1. The van der Waals surface area contributed by atoms with E-state index in [1.165, 1.54) is 17.2 Å². The SMILES string of the molecule is Cc1c(Cl)cccc1NC(=O)CC1(O)CCCN(O)C(Cc2ccc(F)cc2)C1. The summed E-state index contributed by atoms with van der Waals surface area (Å²) in [7, 11) is 0. The maximum Gasteiger partial charge on any atom is 0.227 e. The van der Waals surface area contributed by atoms with E-state index in [0.29, 0.717) is 36.5 Å². The third kappa shape index (κ3) is 5.76. The molecule has 0 aromatic heterocycles. The van der Waals surface area contributed by atoms with E-state index in [9.17, 15) is 19.5 Å². The van der Waals surface area contributed by atoms with Crippen LogP contribution in [0.1, 0.15) is 36.8 Å². The number of carbonyl (C=O) groups excluding carboxylic acids is 1. The van der Waals surface area contributed by atoms with Crippen molar-refractivity contribution in [3.05, 3.63) is 64.4 Å². The van der Waals surface area contributed by atoms with Crippen molar-refractivity contribution < 1.29 is 19.5 Å². The number of nitrogens with zero attached hydrogens (tertiary/aromatic N) is 1. The largest absolute Gasteiger partial charge is 0.389 e. The predicted octanol–water partition coefficient (Wildman–Crippen LogP) is 4.33. The molecule has 1 fully saturated rings. The van der Waals surface area contributed by atoms with Crippen molar-refractivity contribution in [1.29, 1.82) is 0 Å². The number of rotatable bonds is 5. The first-order valence-corrected chi connectivity index (χ1v) is 10.1. The van der Waals surface area contributed by atoms with E-state index in [1.54, 1.807) is 30.3 Å². The molecule has 156 valence electrons. The van der Waals surface area contributed by atoms with E-state index < -0.39 is 5.60 Å². The van der Waals surface area contributed by atoms with E-state index in [-0.39, 0.29) is 30.6 Å². The zero-order chi connectivity index (χ0) is 21.0. The minimum Gasteiger partial charge on any atom is -0.389 e. The maximum absolute atomic E-state index is 13.2. The average Bonchev–Trinajstić information content (AvgIpc) is 2.79. The highest BCUT2D eigenvalue weighted by Gasteiger charge is 2.37. The summed E-state index contributed by atoms with van der Waals surface area (Å²) < 4.78 is 13.2. The van der Waals surface area contributed by atoms with Crippen molar-refractivity contribution in [2.75, 3.05) is 11.9 Å². The molecular formula is C22H26ClFN2O3. The number of benzene rings is 2. The lowest BCUT2D eigenvalue weighted by atomic mass is 9.86. The monoisotopic (exact) mass is 420 g/mol. The zero-order valence-electron chi connectivity index (χ0n) is 16.4. The zero-order valence-corrected chi connectivity index (χ0v) is 17.1. The highest BCUT2D eigenvalue weighted by atomic mass is 35.5. The fraction of sp³-hybridized carbons (Fsp3) is 0.409. The molecule has 2 atom stereocenters. The second kappa shape index (κ2) is 9.22. The lowest BCUT2D eigenvalue weighted by molar-refractivity contribution is -0.135. The van der Waals surface area contributed by atoms with Gasteiger partial charge in [0.1, 0.15) is 5.82 Å². The highest BCUT2D eigenvalue weighted by Crippen LogP contribution is 2.31. The Morgan fingerprint density at radius 1 is 1.31 bits per heavy atom. The smallest absolute Gasteiger partial charge is 0.227 e. The van der Waals surface area contributed by atoms with Crippen LogP contribution in [0.25, 0.3) is 0 Å². The third-order valence-corrected chi connectivity index (χ3v) is 5.89. The second-order valence-electron chi connectivity index (χ2n) is 7.82. The van der Waals surface area contributed by atoms with Gasteiger partial charge in [-0.05, 0) is 68.0 Å². The molecule has 5 nitrogen and oxygen atoms in total.